The summed E-state index contributed by atoms with van der Waals surface area (Å²) in [6, 6.07) is 2.19. The van der Waals surface area contributed by atoms with Gasteiger partial charge >= 0.3 is 0 Å². The topological polar surface area (TPSA) is 15.3 Å². The van der Waals surface area contributed by atoms with E-state index < -0.39 is 0 Å². The minimum atomic E-state index is 0.606. The van der Waals surface area contributed by atoms with Crippen molar-refractivity contribution in [2.45, 2.75) is 84.3 Å². The summed E-state index contributed by atoms with van der Waals surface area (Å²) in [5, 5.41) is 3.61. The van der Waals surface area contributed by atoms with Crippen LogP contribution in [0.3, 0.4) is 0 Å². The maximum Gasteiger partial charge on any atom is 0.0220 e. The van der Waals surface area contributed by atoms with Gasteiger partial charge in [0.15, 0.2) is 0 Å². The fraction of sp³-hybridized carbons (Fsp3) is 1.00. The third kappa shape index (κ3) is 4.97. The van der Waals surface area contributed by atoms with Gasteiger partial charge in [-0.3, -0.25) is 4.90 Å². The molecule has 2 heteroatoms. The lowest BCUT2D eigenvalue weighted by atomic mass is 9.92. The van der Waals surface area contributed by atoms with Crippen molar-refractivity contribution in [3.8, 4) is 0 Å². The molecule has 0 heterocycles. The van der Waals surface area contributed by atoms with Gasteiger partial charge in [-0.15, -0.1) is 0 Å². The summed E-state index contributed by atoms with van der Waals surface area (Å²) in [5.74, 6) is 0. The summed E-state index contributed by atoms with van der Waals surface area (Å²) < 4.78 is 0. The first-order valence-electron chi connectivity index (χ1n) is 7.68. The lowest BCUT2D eigenvalue weighted by molar-refractivity contribution is 0.105. The van der Waals surface area contributed by atoms with Crippen LogP contribution in [0.2, 0.25) is 0 Å². The van der Waals surface area contributed by atoms with Gasteiger partial charge in [0.25, 0.3) is 0 Å². The minimum Gasteiger partial charge on any atom is -0.313 e. The van der Waals surface area contributed by atoms with Crippen molar-refractivity contribution >= 4 is 0 Å². The van der Waals surface area contributed by atoms with Crippen LogP contribution in [0.15, 0.2) is 0 Å². The zero-order chi connectivity index (χ0) is 12.7. The average molecular weight is 240 g/mol. The van der Waals surface area contributed by atoms with Crippen molar-refractivity contribution in [2.24, 2.45) is 0 Å². The first kappa shape index (κ1) is 15.0. The molecule has 1 unspecified atom stereocenters. The molecule has 0 aromatic carbocycles. The normalized spacial score (nSPS) is 20.1. The highest BCUT2D eigenvalue weighted by atomic mass is 15.2. The summed E-state index contributed by atoms with van der Waals surface area (Å²) in [7, 11) is 0. The lowest BCUT2D eigenvalue weighted by Gasteiger charge is -2.39. The molecule has 1 N–H and O–H groups in total. The molecule has 1 aliphatic rings. The van der Waals surface area contributed by atoms with E-state index in [1.54, 1.807) is 0 Å². The van der Waals surface area contributed by atoms with Crippen molar-refractivity contribution in [1.82, 2.24) is 10.2 Å². The van der Waals surface area contributed by atoms with Gasteiger partial charge in [-0.1, -0.05) is 47.0 Å². The zero-order valence-corrected chi connectivity index (χ0v) is 12.3. The Morgan fingerprint density at radius 2 is 1.76 bits per heavy atom. The molecule has 1 atom stereocenters. The highest BCUT2D eigenvalue weighted by Gasteiger charge is 2.25. The smallest absolute Gasteiger partial charge is 0.0220 e. The van der Waals surface area contributed by atoms with Gasteiger partial charge in [-0.25, -0.2) is 0 Å². The number of hydrogen-bond donors (Lipinski definition) is 1. The standard InChI is InChI=1S/C15H32N2/c1-5-14(12-16-13(3)4)17(6-2)15-10-8-7-9-11-15/h13-16H,5-12H2,1-4H3. The monoisotopic (exact) mass is 240 g/mol. The Bertz CT molecular complexity index is 185. The summed E-state index contributed by atoms with van der Waals surface area (Å²) in [4.78, 5) is 2.76. The molecule has 0 amide bonds. The number of rotatable bonds is 7. The van der Waals surface area contributed by atoms with E-state index in [0.29, 0.717) is 6.04 Å². The Labute approximate surface area is 108 Å². The number of nitrogens with one attached hydrogen (secondary N) is 1. The van der Waals surface area contributed by atoms with E-state index in [4.69, 9.17) is 0 Å². The predicted molar refractivity (Wildman–Crippen MR) is 76.5 cm³/mol. The molecule has 0 aliphatic heterocycles. The van der Waals surface area contributed by atoms with Gasteiger partial charge in [0, 0.05) is 24.7 Å². The number of hydrogen-bond acceptors (Lipinski definition) is 2. The van der Waals surface area contributed by atoms with E-state index in [1.807, 2.05) is 0 Å². The molecule has 0 saturated heterocycles. The van der Waals surface area contributed by atoms with Crippen molar-refractivity contribution < 1.29 is 0 Å². The van der Waals surface area contributed by atoms with Crippen LogP contribution < -0.4 is 5.32 Å². The van der Waals surface area contributed by atoms with Crippen molar-refractivity contribution in [2.75, 3.05) is 13.1 Å². The van der Waals surface area contributed by atoms with Crippen LogP contribution in [-0.4, -0.2) is 36.1 Å². The van der Waals surface area contributed by atoms with Crippen molar-refractivity contribution in [3.63, 3.8) is 0 Å². The molecule has 0 aromatic heterocycles. The lowest BCUT2D eigenvalue weighted by Crippen LogP contribution is -2.49. The third-order valence-electron chi connectivity index (χ3n) is 4.11. The molecule has 1 saturated carbocycles. The quantitative estimate of drug-likeness (QED) is 0.733. The predicted octanol–water partition coefficient (Wildman–Crippen LogP) is 3.42. The van der Waals surface area contributed by atoms with Crippen molar-refractivity contribution in [1.29, 1.82) is 0 Å². The van der Waals surface area contributed by atoms with Crippen LogP contribution in [0.4, 0.5) is 0 Å². The summed E-state index contributed by atoms with van der Waals surface area (Å²) in [5.41, 5.74) is 0. The van der Waals surface area contributed by atoms with Crippen molar-refractivity contribution in [3.05, 3.63) is 0 Å². The van der Waals surface area contributed by atoms with Gasteiger partial charge in [0.2, 0.25) is 0 Å². The van der Waals surface area contributed by atoms with Gasteiger partial charge < -0.3 is 5.32 Å². The molecular formula is C15H32N2. The maximum absolute atomic E-state index is 3.61. The van der Waals surface area contributed by atoms with E-state index in [9.17, 15) is 0 Å². The molecule has 1 rings (SSSR count). The zero-order valence-electron chi connectivity index (χ0n) is 12.3. The number of likely N-dealkylation sites (N-methyl/N-ethyl adjacent to an activating group) is 1. The van der Waals surface area contributed by atoms with Crippen LogP contribution in [-0.2, 0) is 0 Å². The van der Waals surface area contributed by atoms with E-state index >= 15 is 0 Å². The Hall–Kier alpha value is -0.0800. The highest BCUT2D eigenvalue weighted by molar-refractivity contribution is 4.82. The van der Waals surface area contributed by atoms with E-state index in [2.05, 4.69) is 37.9 Å². The highest BCUT2D eigenvalue weighted by Crippen LogP contribution is 2.24. The molecule has 0 radical (unpaired) electrons. The molecule has 102 valence electrons. The molecule has 17 heavy (non-hydrogen) atoms. The van der Waals surface area contributed by atoms with Crippen LogP contribution in [0, 0.1) is 0 Å². The third-order valence-corrected chi connectivity index (χ3v) is 4.11. The van der Waals surface area contributed by atoms with Gasteiger partial charge in [0.05, 0.1) is 0 Å². The largest absolute Gasteiger partial charge is 0.313 e. The fourth-order valence-corrected chi connectivity index (χ4v) is 3.10. The van der Waals surface area contributed by atoms with Gasteiger partial charge in [-0.05, 0) is 25.8 Å². The van der Waals surface area contributed by atoms with E-state index in [1.165, 1.54) is 45.1 Å². The van der Waals surface area contributed by atoms with E-state index in [0.717, 1.165) is 18.6 Å². The van der Waals surface area contributed by atoms with E-state index in [-0.39, 0.29) is 0 Å². The molecule has 2 nitrogen and oxygen atoms in total. The molecule has 1 fully saturated rings. The second-order valence-electron chi connectivity index (χ2n) is 5.75. The molecule has 0 bridgehead atoms. The SMILES string of the molecule is CCC(CNC(C)C)N(CC)C1CCCCC1. The van der Waals surface area contributed by atoms with Crippen LogP contribution in [0.5, 0.6) is 0 Å². The first-order valence-corrected chi connectivity index (χ1v) is 7.68. The van der Waals surface area contributed by atoms with Gasteiger partial charge in [-0.2, -0.15) is 0 Å². The fourth-order valence-electron chi connectivity index (χ4n) is 3.10. The summed E-state index contributed by atoms with van der Waals surface area (Å²) in [6.45, 7) is 11.5. The second kappa shape index (κ2) is 8.10. The van der Waals surface area contributed by atoms with Crippen LogP contribution in [0.1, 0.15) is 66.2 Å². The molecular weight excluding hydrogens is 208 g/mol. The van der Waals surface area contributed by atoms with Gasteiger partial charge in [0.1, 0.15) is 0 Å². The minimum absolute atomic E-state index is 0.606. The molecule has 0 spiro atoms. The van der Waals surface area contributed by atoms with Crippen LogP contribution in [0.25, 0.3) is 0 Å². The second-order valence-corrected chi connectivity index (χ2v) is 5.75. The Morgan fingerprint density at radius 3 is 2.24 bits per heavy atom. The molecule has 0 aromatic rings. The number of nitrogens with zero attached hydrogens (tertiary/aromatic N) is 1. The average Bonchev–Trinajstić information content (AvgIpc) is 2.35. The van der Waals surface area contributed by atoms with Crippen LogP contribution >= 0.6 is 0 Å². The summed E-state index contributed by atoms with van der Waals surface area (Å²) in [6.07, 6.45) is 8.45. The Morgan fingerprint density at radius 1 is 1.12 bits per heavy atom. The molecule has 1 aliphatic carbocycles. The first-order chi connectivity index (χ1) is 8.19. The maximum atomic E-state index is 3.61. The Balaban J connectivity index is 2.48. The summed E-state index contributed by atoms with van der Waals surface area (Å²) >= 11 is 0. The Kier molecular flexibility index (Phi) is 7.14.